The minimum Gasteiger partial charge on any atom is -0.494 e. The molecule has 1 heterocycles. The molecule has 1 saturated heterocycles. The highest BCUT2D eigenvalue weighted by Gasteiger charge is 2.51. The molecule has 8 nitrogen and oxygen atoms in total. The number of halogens is 3. The molecule has 1 aliphatic rings. The van der Waals surface area contributed by atoms with Gasteiger partial charge in [-0.2, -0.15) is 26.9 Å². The van der Waals surface area contributed by atoms with Crippen LogP contribution in [0.25, 0.3) is 0 Å². The Labute approximate surface area is 253 Å². The van der Waals surface area contributed by atoms with Crippen LogP contribution in [0.2, 0.25) is 0 Å². The fourth-order valence-electron chi connectivity index (χ4n) is 5.06. The van der Waals surface area contributed by atoms with Crippen molar-refractivity contribution in [3.63, 3.8) is 0 Å². The van der Waals surface area contributed by atoms with E-state index in [1.807, 2.05) is 6.92 Å². The maximum Gasteiger partial charge on any atom is 0.417 e. The van der Waals surface area contributed by atoms with Gasteiger partial charge in [0.1, 0.15) is 16.5 Å². The van der Waals surface area contributed by atoms with E-state index >= 15 is 0 Å². The minimum absolute atomic E-state index is 0.0410. The van der Waals surface area contributed by atoms with Gasteiger partial charge in [0.25, 0.3) is 16.0 Å². The average Bonchev–Trinajstić information content (AvgIpc) is 3.11. The Morgan fingerprint density at radius 1 is 1.07 bits per heavy atom. The van der Waals surface area contributed by atoms with E-state index < -0.39 is 49.6 Å². The summed E-state index contributed by atoms with van der Waals surface area (Å²) in [5, 5.41) is 8.04. The molecular formula is C30H30F3N3O5S2. The molecule has 43 heavy (non-hydrogen) atoms. The van der Waals surface area contributed by atoms with Gasteiger partial charge in [-0.1, -0.05) is 29.8 Å². The van der Waals surface area contributed by atoms with Crippen LogP contribution in [-0.2, 0) is 21.1 Å². The van der Waals surface area contributed by atoms with Gasteiger partial charge in [-0.3, -0.25) is 14.2 Å². The van der Waals surface area contributed by atoms with Crippen molar-refractivity contribution in [3.8, 4) is 11.8 Å². The molecule has 0 aliphatic carbocycles. The molecule has 0 saturated carbocycles. The number of amides is 1. The Kier molecular flexibility index (Phi) is 9.06. The number of anilines is 2. The lowest BCUT2D eigenvalue weighted by atomic mass is 10.0. The minimum atomic E-state index is -4.78. The van der Waals surface area contributed by atoms with Crippen molar-refractivity contribution < 1.29 is 35.7 Å². The van der Waals surface area contributed by atoms with Gasteiger partial charge in [0.05, 0.1) is 23.8 Å². The van der Waals surface area contributed by atoms with Crippen molar-refractivity contribution in [1.82, 2.24) is 0 Å². The van der Waals surface area contributed by atoms with Gasteiger partial charge in [-0.25, -0.2) is 0 Å². The predicted octanol–water partition coefficient (Wildman–Crippen LogP) is 6.52. The fourth-order valence-corrected chi connectivity index (χ4v) is 6.68. The highest BCUT2D eigenvalue weighted by molar-refractivity contribution is 7.86. The summed E-state index contributed by atoms with van der Waals surface area (Å²) in [6.07, 6.45) is -4.30. The van der Waals surface area contributed by atoms with Gasteiger partial charge in [-0.05, 0) is 81.6 Å². The molecule has 3 aromatic rings. The van der Waals surface area contributed by atoms with Crippen molar-refractivity contribution in [2.75, 3.05) is 16.4 Å². The molecule has 0 aromatic heterocycles. The van der Waals surface area contributed by atoms with E-state index in [9.17, 15) is 30.9 Å². The molecule has 0 bridgehead atoms. The first-order chi connectivity index (χ1) is 20.1. The highest BCUT2D eigenvalue weighted by atomic mass is 32.2. The van der Waals surface area contributed by atoms with Crippen LogP contribution >= 0.6 is 12.6 Å². The maximum absolute atomic E-state index is 13.6. The van der Waals surface area contributed by atoms with Crippen LogP contribution in [0.5, 0.6) is 5.75 Å². The number of rotatable bonds is 9. The maximum atomic E-state index is 13.6. The first kappa shape index (κ1) is 32.2. The van der Waals surface area contributed by atoms with Gasteiger partial charge >= 0.3 is 6.18 Å². The van der Waals surface area contributed by atoms with E-state index in [0.717, 1.165) is 22.6 Å². The largest absolute Gasteiger partial charge is 0.494 e. The van der Waals surface area contributed by atoms with Crippen LogP contribution in [0.4, 0.5) is 24.5 Å². The van der Waals surface area contributed by atoms with E-state index in [2.05, 4.69) is 12.6 Å². The third-order valence-corrected chi connectivity index (χ3v) is 9.01. The number of alkyl halides is 3. The zero-order valence-electron chi connectivity index (χ0n) is 23.5. The van der Waals surface area contributed by atoms with Crippen LogP contribution in [0, 0.1) is 18.3 Å². The molecule has 13 heteroatoms. The quantitative estimate of drug-likeness (QED) is 0.157. The summed E-state index contributed by atoms with van der Waals surface area (Å²) in [7, 11) is -4.32. The van der Waals surface area contributed by atoms with Crippen LogP contribution < -0.4 is 14.5 Å². The number of benzene rings is 3. The third-order valence-electron chi connectivity index (χ3n) is 7.32. The lowest BCUT2D eigenvalue weighted by Crippen LogP contribution is -2.44. The molecule has 0 spiro atoms. The second-order valence-electron chi connectivity index (χ2n) is 10.7. The van der Waals surface area contributed by atoms with Crippen molar-refractivity contribution >= 4 is 40.0 Å². The fraction of sp³-hybridized carbons (Fsp3) is 0.333. The highest BCUT2D eigenvalue weighted by Crippen LogP contribution is 2.42. The van der Waals surface area contributed by atoms with Crippen molar-refractivity contribution in [3.05, 3.63) is 89.0 Å². The van der Waals surface area contributed by atoms with Crippen LogP contribution in [-0.4, -0.2) is 36.5 Å². The monoisotopic (exact) mass is 633 g/mol. The molecule has 1 N–H and O–H groups in total. The number of nitriles is 1. The second kappa shape index (κ2) is 12.1. The lowest BCUT2D eigenvalue weighted by Gasteiger charge is -2.33. The summed E-state index contributed by atoms with van der Waals surface area (Å²) in [4.78, 5) is 16.2. The van der Waals surface area contributed by atoms with E-state index in [1.54, 1.807) is 67.3 Å². The SMILES string of the molecule is Cc1ccc(C(CCCOc2ccc(N3C(S)N(c4ccc(C#N)c(C(F)(F)F)c4)C(=O)C3(C)C)cc2)S(=O)(=O)O)cc1. The van der Waals surface area contributed by atoms with Crippen LogP contribution in [0.15, 0.2) is 66.7 Å². The zero-order valence-corrected chi connectivity index (χ0v) is 25.2. The Hall–Kier alpha value is -3.73. The molecule has 2 unspecified atom stereocenters. The normalized spacial score (nSPS) is 17.6. The molecular weight excluding hydrogens is 603 g/mol. The molecule has 2 atom stereocenters. The van der Waals surface area contributed by atoms with Gasteiger partial charge in [0, 0.05) is 11.4 Å². The summed E-state index contributed by atoms with van der Waals surface area (Å²) < 4.78 is 80.2. The number of hydrogen-bond acceptors (Lipinski definition) is 7. The molecule has 4 rings (SSSR count). The topological polar surface area (TPSA) is 111 Å². The summed E-state index contributed by atoms with van der Waals surface area (Å²) in [5.41, 5.74) is -1.84. The standard InChI is InChI=1S/C30H30F3N3O5S2/c1-19-6-8-20(9-7-19)26(43(38,39)40)5-4-16-41-24-14-12-22(13-15-24)36-28(42)35(27(37)29(36,2)3)23-11-10-21(18-34)25(17-23)30(31,32)33/h6-15,17,26,28,42H,4-5,16H2,1-3H3,(H,38,39,40). The Morgan fingerprint density at radius 3 is 2.23 bits per heavy atom. The number of hydrogen-bond donors (Lipinski definition) is 2. The summed E-state index contributed by atoms with van der Waals surface area (Å²) in [6.45, 7) is 5.32. The number of carbonyl (C=O) groups is 1. The number of thiol groups is 1. The molecule has 0 radical (unpaired) electrons. The van der Waals surface area contributed by atoms with Crippen molar-refractivity contribution in [2.24, 2.45) is 0 Å². The van der Waals surface area contributed by atoms with E-state index in [1.165, 1.54) is 12.1 Å². The lowest BCUT2D eigenvalue weighted by molar-refractivity contribution is -0.137. The number of carbonyl (C=O) groups excluding carboxylic acids is 1. The van der Waals surface area contributed by atoms with E-state index in [-0.39, 0.29) is 18.7 Å². The van der Waals surface area contributed by atoms with Crippen molar-refractivity contribution in [1.29, 1.82) is 5.26 Å². The molecule has 1 amide bonds. The summed E-state index contributed by atoms with van der Waals surface area (Å²) >= 11 is 4.59. The first-order valence-corrected chi connectivity index (χ1v) is 15.3. The van der Waals surface area contributed by atoms with E-state index in [0.29, 0.717) is 23.4 Å². The number of ether oxygens (including phenoxy) is 1. The van der Waals surface area contributed by atoms with Gasteiger partial charge in [0.15, 0.2) is 5.50 Å². The molecule has 1 fully saturated rings. The van der Waals surface area contributed by atoms with Gasteiger partial charge in [0.2, 0.25) is 0 Å². The Balaban J connectivity index is 1.46. The van der Waals surface area contributed by atoms with Crippen LogP contribution in [0.3, 0.4) is 0 Å². The second-order valence-corrected chi connectivity index (χ2v) is 12.7. The van der Waals surface area contributed by atoms with Gasteiger partial charge in [-0.15, -0.1) is 12.6 Å². The summed E-state index contributed by atoms with van der Waals surface area (Å²) in [6, 6.07) is 18.2. The Bertz CT molecular complexity index is 1640. The van der Waals surface area contributed by atoms with Crippen LogP contribution in [0.1, 0.15) is 54.2 Å². The zero-order chi connectivity index (χ0) is 31.7. The Morgan fingerprint density at radius 2 is 1.67 bits per heavy atom. The smallest absolute Gasteiger partial charge is 0.417 e. The first-order valence-electron chi connectivity index (χ1n) is 13.2. The van der Waals surface area contributed by atoms with E-state index in [4.69, 9.17) is 10.00 Å². The molecule has 3 aromatic carbocycles. The molecule has 228 valence electrons. The van der Waals surface area contributed by atoms with Crippen molar-refractivity contribution in [2.45, 2.75) is 56.1 Å². The predicted molar refractivity (Wildman–Crippen MR) is 160 cm³/mol. The molecule has 1 aliphatic heterocycles. The third kappa shape index (κ3) is 6.76. The number of nitrogens with zero attached hydrogens (tertiary/aromatic N) is 3. The number of aryl methyl sites for hydroxylation is 1. The average molecular weight is 634 g/mol. The summed E-state index contributed by atoms with van der Waals surface area (Å²) in [5.74, 6) is -0.00655. The van der Waals surface area contributed by atoms with Gasteiger partial charge < -0.3 is 9.64 Å².